The van der Waals surface area contributed by atoms with E-state index in [0.29, 0.717) is 27.6 Å². The van der Waals surface area contributed by atoms with Crippen LogP contribution in [0.2, 0.25) is 0 Å². The van der Waals surface area contributed by atoms with Gasteiger partial charge in [-0.15, -0.1) is 0 Å². The summed E-state index contributed by atoms with van der Waals surface area (Å²) in [6, 6.07) is 17.9. The van der Waals surface area contributed by atoms with Crippen molar-refractivity contribution >= 4 is 41.0 Å². The number of phenolic OH excluding ortho intramolecular Hbond substituents is 2. The van der Waals surface area contributed by atoms with Crippen LogP contribution in [0.25, 0.3) is 35.1 Å². The van der Waals surface area contributed by atoms with Gasteiger partial charge in [0, 0.05) is 41.2 Å². The number of carbonyl (C=O) groups is 1. The molecule has 0 atom stereocenters. The lowest BCUT2D eigenvalue weighted by Crippen LogP contribution is -2.00. The normalized spacial score (nSPS) is 11.4. The van der Waals surface area contributed by atoms with Crippen LogP contribution in [-0.4, -0.2) is 21.2 Å². The smallest absolute Gasteiger partial charge is 0.308 e. The fourth-order valence-corrected chi connectivity index (χ4v) is 3.34. The fraction of sp³-hybridized carbons (Fsp3) is 0.0370. The van der Waals surface area contributed by atoms with E-state index in [2.05, 4.69) is 4.98 Å². The van der Waals surface area contributed by atoms with Crippen LogP contribution in [0.15, 0.2) is 73.1 Å². The Labute approximate surface area is 185 Å². The van der Waals surface area contributed by atoms with Crippen molar-refractivity contribution in [3.05, 3.63) is 95.3 Å². The summed E-state index contributed by atoms with van der Waals surface area (Å²) in [5, 5.41) is 22.6. The van der Waals surface area contributed by atoms with Gasteiger partial charge in [0.05, 0.1) is 0 Å². The largest absolute Gasteiger partial charge is 0.507 e. The molecule has 0 bridgehead atoms. The lowest BCUT2D eigenvalue weighted by atomic mass is 10.00. The first-order chi connectivity index (χ1) is 15.5. The molecular weight excluding hydrogens is 402 g/mol. The van der Waals surface area contributed by atoms with Crippen molar-refractivity contribution in [3.63, 3.8) is 0 Å². The first-order valence-electron chi connectivity index (χ1n) is 10.0. The third-order valence-corrected chi connectivity index (χ3v) is 4.96. The number of hydrogen-bond acceptors (Lipinski definition) is 5. The molecule has 0 saturated carbocycles. The van der Waals surface area contributed by atoms with E-state index in [1.54, 1.807) is 54.9 Å². The summed E-state index contributed by atoms with van der Waals surface area (Å²) in [5.74, 6) is 0.316. The molecule has 2 N–H and O–H groups in total. The third kappa shape index (κ3) is 4.68. The van der Waals surface area contributed by atoms with E-state index < -0.39 is 0 Å². The number of rotatable bonds is 5. The molecule has 0 saturated heterocycles. The van der Waals surface area contributed by atoms with Gasteiger partial charge in [-0.3, -0.25) is 9.78 Å². The monoisotopic (exact) mass is 423 g/mol. The van der Waals surface area contributed by atoms with E-state index in [1.807, 2.05) is 42.5 Å². The van der Waals surface area contributed by atoms with Gasteiger partial charge in [-0.1, -0.05) is 48.6 Å². The SMILES string of the molecule is CC(=O)Oc1ccc(/C=C/c2ccc3c(O)c(/C=C/c4ccncc4)ccc3c2O)cc1. The van der Waals surface area contributed by atoms with Crippen LogP contribution in [0.3, 0.4) is 0 Å². The molecule has 0 aliphatic heterocycles. The van der Waals surface area contributed by atoms with Crippen LogP contribution >= 0.6 is 0 Å². The van der Waals surface area contributed by atoms with E-state index in [-0.39, 0.29) is 17.5 Å². The molecule has 0 unspecified atom stereocenters. The van der Waals surface area contributed by atoms with Crippen LogP contribution in [0.5, 0.6) is 17.2 Å². The first-order valence-corrected chi connectivity index (χ1v) is 10.0. The van der Waals surface area contributed by atoms with Gasteiger partial charge >= 0.3 is 5.97 Å². The van der Waals surface area contributed by atoms with Crippen LogP contribution in [0.1, 0.15) is 29.2 Å². The van der Waals surface area contributed by atoms with Crippen LogP contribution in [-0.2, 0) is 4.79 Å². The Kier molecular flexibility index (Phi) is 5.99. The Bertz CT molecular complexity index is 1320. The molecule has 1 heterocycles. The third-order valence-electron chi connectivity index (χ3n) is 4.96. The van der Waals surface area contributed by atoms with E-state index in [1.165, 1.54) is 6.92 Å². The maximum atomic E-state index is 11.0. The Hall–Kier alpha value is -4.38. The number of esters is 1. The topological polar surface area (TPSA) is 79.7 Å². The summed E-state index contributed by atoms with van der Waals surface area (Å²) in [4.78, 5) is 15.0. The van der Waals surface area contributed by atoms with Gasteiger partial charge < -0.3 is 14.9 Å². The molecule has 0 fully saturated rings. The zero-order valence-corrected chi connectivity index (χ0v) is 17.4. The number of carbonyl (C=O) groups excluding carboxylic acids is 1. The number of aromatic hydroxyl groups is 2. The van der Waals surface area contributed by atoms with Gasteiger partial charge in [-0.05, 0) is 47.5 Å². The van der Waals surface area contributed by atoms with Crippen LogP contribution in [0.4, 0.5) is 0 Å². The molecule has 0 amide bonds. The molecule has 5 nitrogen and oxygen atoms in total. The number of aromatic nitrogens is 1. The summed E-state index contributed by atoms with van der Waals surface area (Å²) < 4.78 is 5.03. The Morgan fingerprint density at radius 3 is 1.72 bits per heavy atom. The van der Waals surface area contributed by atoms with E-state index in [0.717, 1.165) is 11.1 Å². The minimum atomic E-state index is -0.367. The molecule has 3 aromatic carbocycles. The summed E-state index contributed by atoms with van der Waals surface area (Å²) >= 11 is 0. The molecule has 0 aliphatic rings. The summed E-state index contributed by atoms with van der Waals surface area (Å²) in [6.07, 6.45) is 10.8. The predicted molar refractivity (Wildman–Crippen MR) is 127 cm³/mol. The van der Waals surface area contributed by atoms with Gasteiger partial charge in [0.15, 0.2) is 0 Å². The molecule has 5 heteroatoms. The van der Waals surface area contributed by atoms with Crippen LogP contribution in [0, 0.1) is 0 Å². The zero-order chi connectivity index (χ0) is 22.5. The Morgan fingerprint density at radius 2 is 1.22 bits per heavy atom. The molecule has 0 radical (unpaired) electrons. The fourth-order valence-electron chi connectivity index (χ4n) is 3.34. The molecule has 1 aromatic heterocycles. The highest BCUT2D eigenvalue weighted by atomic mass is 16.5. The number of benzene rings is 3. The molecular formula is C27H21NO4. The highest BCUT2D eigenvalue weighted by Gasteiger charge is 2.10. The van der Waals surface area contributed by atoms with Crippen molar-refractivity contribution in [1.29, 1.82) is 0 Å². The van der Waals surface area contributed by atoms with Gasteiger partial charge in [0.1, 0.15) is 17.2 Å². The Balaban J connectivity index is 1.59. The van der Waals surface area contributed by atoms with Gasteiger partial charge in [-0.2, -0.15) is 0 Å². The molecule has 4 rings (SSSR count). The number of pyridine rings is 1. The molecule has 158 valence electrons. The highest BCUT2D eigenvalue weighted by molar-refractivity contribution is 5.98. The Morgan fingerprint density at radius 1 is 0.719 bits per heavy atom. The minimum absolute atomic E-state index is 0.0928. The predicted octanol–water partition coefficient (Wildman–Crippen LogP) is 5.91. The van der Waals surface area contributed by atoms with Crippen molar-refractivity contribution in [1.82, 2.24) is 4.98 Å². The lowest BCUT2D eigenvalue weighted by Gasteiger charge is -2.09. The van der Waals surface area contributed by atoms with Crippen molar-refractivity contribution in [2.75, 3.05) is 0 Å². The number of fused-ring (bicyclic) bond motifs is 1. The van der Waals surface area contributed by atoms with Gasteiger partial charge in [0.2, 0.25) is 0 Å². The second kappa shape index (κ2) is 9.18. The van der Waals surface area contributed by atoms with Crippen molar-refractivity contribution in [3.8, 4) is 17.2 Å². The van der Waals surface area contributed by atoms with Gasteiger partial charge in [0.25, 0.3) is 0 Å². The summed E-state index contributed by atoms with van der Waals surface area (Å²) in [5.41, 5.74) is 3.15. The number of ether oxygens (including phenoxy) is 1. The second-order valence-electron chi connectivity index (χ2n) is 7.21. The standard InChI is InChI=1S/C27H21NO4/c1-18(29)32-23-10-4-19(5-11-23)2-6-21-8-12-25-24(26(21)30)13-9-22(27(25)31)7-3-20-14-16-28-17-15-20/h2-17,30-31H,1H3/b6-2+,7-3+. The maximum absolute atomic E-state index is 11.0. The van der Waals surface area contributed by atoms with Gasteiger partial charge in [-0.25, -0.2) is 0 Å². The second-order valence-corrected chi connectivity index (χ2v) is 7.21. The number of nitrogens with zero attached hydrogens (tertiary/aromatic N) is 1. The molecule has 32 heavy (non-hydrogen) atoms. The minimum Gasteiger partial charge on any atom is -0.507 e. The van der Waals surface area contributed by atoms with E-state index in [9.17, 15) is 15.0 Å². The number of phenols is 2. The number of hydrogen-bond donors (Lipinski definition) is 2. The average Bonchev–Trinajstić information content (AvgIpc) is 2.80. The van der Waals surface area contributed by atoms with Crippen LogP contribution < -0.4 is 4.74 Å². The van der Waals surface area contributed by atoms with E-state index in [4.69, 9.17) is 4.74 Å². The summed E-state index contributed by atoms with van der Waals surface area (Å²) in [7, 11) is 0. The molecule has 0 spiro atoms. The van der Waals surface area contributed by atoms with Crippen molar-refractivity contribution in [2.45, 2.75) is 6.92 Å². The maximum Gasteiger partial charge on any atom is 0.308 e. The quantitative estimate of drug-likeness (QED) is 0.237. The van der Waals surface area contributed by atoms with E-state index >= 15 is 0 Å². The molecule has 0 aliphatic carbocycles. The lowest BCUT2D eigenvalue weighted by molar-refractivity contribution is -0.131. The summed E-state index contributed by atoms with van der Waals surface area (Å²) in [6.45, 7) is 1.36. The molecule has 4 aromatic rings. The zero-order valence-electron chi connectivity index (χ0n) is 17.4. The van der Waals surface area contributed by atoms with Crippen molar-refractivity contribution in [2.24, 2.45) is 0 Å². The average molecular weight is 423 g/mol. The first kappa shape index (κ1) is 20.9. The van der Waals surface area contributed by atoms with Crippen molar-refractivity contribution < 1.29 is 19.7 Å². The highest BCUT2D eigenvalue weighted by Crippen LogP contribution is 2.37.